The predicted molar refractivity (Wildman–Crippen MR) is 100 cm³/mol. The fourth-order valence-electron chi connectivity index (χ4n) is 3.33. The van der Waals surface area contributed by atoms with Gasteiger partial charge in [0.25, 0.3) is 0 Å². The van der Waals surface area contributed by atoms with E-state index in [0.29, 0.717) is 0 Å². The van der Waals surface area contributed by atoms with E-state index in [1.54, 1.807) is 10.8 Å². The number of rotatable bonds is 4. The van der Waals surface area contributed by atoms with Gasteiger partial charge >= 0.3 is 0 Å². The minimum absolute atomic E-state index is 0.0377. The van der Waals surface area contributed by atoms with Crippen molar-refractivity contribution in [2.45, 2.75) is 26.2 Å². The first-order valence-corrected chi connectivity index (χ1v) is 9.05. The van der Waals surface area contributed by atoms with E-state index in [2.05, 4.69) is 44.6 Å². The smallest absolute Gasteiger partial charge is 0.227 e. The van der Waals surface area contributed by atoms with Gasteiger partial charge in [0.05, 0.1) is 0 Å². The van der Waals surface area contributed by atoms with E-state index in [9.17, 15) is 4.79 Å². The van der Waals surface area contributed by atoms with Crippen LogP contribution in [0.5, 0.6) is 0 Å². The van der Waals surface area contributed by atoms with Gasteiger partial charge in [-0.25, -0.2) is 0 Å². The lowest BCUT2D eigenvalue weighted by molar-refractivity contribution is -0.120. The van der Waals surface area contributed by atoms with Crippen molar-refractivity contribution in [3.05, 3.63) is 48.3 Å². The maximum atomic E-state index is 12.5. The number of aryl methyl sites for hydroxylation is 1. The summed E-state index contributed by atoms with van der Waals surface area (Å²) in [5, 5.41) is 15.4. The summed E-state index contributed by atoms with van der Waals surface area (Å²) in [5.74, 6) is 1.04. The van der Waals surface area contributed by atoms with Crippen LogP contribution in [0, 0.1) is 5.92 Å². The van der Waals surface area contributed by atoms with Crippen LogP contribution in [-0.4, -0.2) is 38.8 Å². The minimum atomic E-state index is 0.0377. The van der Waals surface area contributed by atoms with Crippen molar-refractivity contribution in [1.29, 1.82) is 0 Å². The second-order valence-electron chi connectivity index (χ2n) is 6.63. The van der Waals surface area contributed by atoms with Gasteiger partial charge in [0.1, 0.15) is 12.1 Å². The molecule has 1 amide bonds. The van der Waals surface area contributed by atoms with Crippen LogP contribution < -0.4 is 10.2 Å². The number of carbonyl (C=O) groups excluding carboxylic acids is 1. The molecule has 3 heterocycles. The second-order valence-corrected chi connectivity index (χ2v) is 6.63. The molecule has 0 atom stereocenters. The monoisotopic (exact) mass is 350 g/mol. The number of hydrogen-bond acceptors (Lipinski definition) is 5. The Morgan fingerprint density at radius 3 is 2.65 bits per heavy atom. The van der Waals surface area contributed by atoms with Gasteiger partial charge in [-0.2, -0.15) is 4.52 Å². The molecule has 2 aromatic heterocycles. The van der Waals surface area contributed by atoms with Gasteiger partial charge in [-0.15, -0.1) is 15.3 Å². The zero-order valence-corrected chi connectivity index (χ0v) is 14.8. The fraction of sp³-hybridized carbons (Fsp3) is 0.368. The summed E-state index contributed by atoms with van der Waals surface area (Å²) in [6.07, 6.45) is 4.24. The molecule has 1 aromatic carbocycles. The van der Waals surface area contributed by atoms with Gasteiger partial charge in [-0.1, -0.05) is 19.1 Å². The molecule has 1 saturated heterocycles. The number of carbonyl (C=O) groups is 1. The number of nitrogens with zero attached hydrogens (tertiary/aromatic N) is 5. The SMILES string of the molecule is CCc1ccc(NC(=O)C2CCN(c3ccc4nncn4n3)CC2)cc1. The molecule has 26 heavy (non-hydrogen) atoms. The van der Waals surface area contributed by atoms with Gasteiger partial charge in [0.15, 0.2) is 5.65 Å². The number of piperidine rings is 1. The number of aromatic nitrogens is 4. The normalized spacial score (nSPS) is 15.3. The van der Waals surface area contributed by atoms with Crippen LogP contribution in [0.25, 0.3) is 5.65 Å². The first-order chi connectivity index (χ1) is 12.7. The molecule has 1 aliphatic heterocycles. The Hall–Kier alpha value is -2.96. The van der Waals surface area contributed by atoms with Crippen molar-refractivity contribution < 1.29 is 4.79 Å². The maximum absolute atomic E-state index is 12.5. The van der Waals surface area contributed by atoms with Crippen LogP contribution in [0.4, 0.5) is 11.5 Å². The molecule has 0 bridgehead atoms. The predicted octanol–water partition coefficient (Wildman–Crippen LogP) is 2.54. The van der Waals surface area contributed by atoms with Crippen molar-refractivity contribution >= 4 is 23.1 Å². The van der Waals surface area contributed by atoms with Crippen LogP contribution >= 0.6 is 0 Å². The van der Waals surface area contributed by atoms with Crippen molar-refractivity contribution in [2.75, 3.05) is 23.3 Å². The Kier molecular flexibility index (Phi) is 4.51. The molecule has 0 unspecified atom stereocenters. The summed E-state index contributed by atoms with van der Waals surface area (Å²) in [7, 11) is 0. The second kappa shape index (κ2) is 7.11. The zero-order chi connectivity index (χ0) is 17.9. The molecule has 0 saturated carbocycles. The van der Waals surface area contributed by atoms with Crippen LogP contribution in [0.1, 0.15) is 25.3 Å². The fourth-order valence-corrected chi connectivity index (χ4v) is 3.33. The van der Waals surface area contributed by atoms with E-state index in [0.717, 1.165) is 49.5 Å². The van der Waals surface area contributed by atoms with Gasteiger partial charge in [0.2, 0.25) is 5.91 Å². The summed E-state index contributed by atoms with van der Waals surface area (Å²) in [5.41, 5.74) is 2.88. The lowest BCUT2D eigenvalue weighted by Gasteiger charge is -2.32. The molecule has 4 rings (SSSR count). The number of nitrogens with one attached hydrogen (secondary N) is 1. The molecular weight excluding hydrogens is 328 g/mol. The quantitative estimate of drug-likeness (QED) is 0.783. The lowest BCUT2D eigenvalue weighted by Crippen LogP contribution is -2.38. The molecule has 3 aromatic rings. The van der Waals surface area contributed by atoms with Crippen molar-refractivity contribution in [1.82, 2.24) is 19.8 Å². The minimum Gasteiger partial charge on any atom is -0.355 e. The molecular formula is C19H22N6O. The molecule has 1 N–H and O–H groups in total. The molecule has 7 heteroatoms. The third-order valence-corrected chi connectivity index (χ3v) is 4.97. The Morgan fingerprint density at radius 1 is 1.15 bits per heavy atom. The van der Waals surface area contributed by atoms with Crippen LogP contribution in [0.2, 0.25) is 0 Å². The molecule has 7 nitrogen and oxygen atoms in total. The highest BCUT2D eigenvalue weighted by Gasteiger charge is 2.26. The standard InChI is InChI=1S/C19H22N6O/c1-2-14-3-5-16(6-4-14)21-19(26)15-9-11-24(12-10-15)18-8-7-17-22-20-13-25(17)23-18/h3-8,13,15H,2,9-12H2,1H3,(H,21,26). The molecule has 1 aliphatic rings. The highest BCUT2D eigenvalue weighted by molar-refractivity contribution is 5.92. The van der Waals surface area contributed by atoms with Crippen LogP contribution in [-0.2, 0) is 11.2 Å². The zero-order valence-electron chi connectivity index (χ0n) is 14.8. The maximum Gasteiger partial charge on any atom is 0.227 e. The first-order valence-electron chi connectivity index (χ1n) is 9.05. The molecule has 1 fully saturated rings. The average Bonchev–Trinajstić information content (AvgIpc) is 3.16. The number of hydrogen-bond donors (Lipinski definition) is 1. The summed E-state index contributed by atoms with van der Waals surface area (Å²) in [4.78, 5) is 14.7. The van der Waals surface area contributed by atoms with E-state index < -0.39 is 0 Å². The average molecular weight is 350 g/mol. The first kappa shape index (κ1) is 16.5. The molecule has 0 radical (unpaired) electrons. The van der Waals surface area contributed by atoms with E-state index in [1.807, 2.05) is 24.3 Å². The Bertz CT molecular complexity index is 896. The summed E-state index contributed by atoms with van der Waals surface area (Å²) < 4.78 is 1.67. The summed E-state index contributed by atoms with van der Waals surface area (Å²) >= 11 is 0. The molecule has 0 spiro atoms. The lowest BCUT2D eigenvalue weighted by atomic mass is 9.95. The third-order valence-electron chi connectivity index (χ3n) is 4.97. The van der Waals surface area contributed by atoms with Crippen molar-refractivity contribution in [3.63, 3.8) is 0 Å². The van der Waals surface area contributed by atoms with E-state index in [-0.39, 0.29) is 11.8 Å². The number of anilines is 2. The van der Waals surface area contributed by atoms with E-state index in [1.165, 1.54) is 5.56 Å². The topological polar surface area (TPSA) is 75.4 Å². The molecule has 134 valence electrons. The van der Waals surface area contributed by atoms with Crippen LogP contribution in [0.3, 0.4) is 0 Å². The summed E-state index contributed by atoms with van der Waals surface area (Å²) in [6.45, 7) is 3.75. The Morgan fingerprint density at radius 2 is 1.92 bits per heavy atom. The van der Waals surface area contributed by atoms with E-state index >= 15 is 0 Å². The number of fused-ring (bicyclic) bond motifs is 1. The highest BCUT2D eigenvalue weighted by Crippen LogP contribution is 2.23. The van der Waals surface area contributed by atoms with Gasteiger partial charge < -0.3 is 10.2 Å². The summed E-state index contributed by atoms with van der Waals surface area (Å²) in [6, 6.07) is 11.9. The Balaban J connectivity index is 1.35. The van der Waals surface area contributed by atoms with Gasteiger partial charge in [-0.3, -0.25) is 4.79 Å². The van der Waals surface area contributed by atoms with Crippen LogP contribution in [0.15, 0.2) is 42.7 Å². The number of benzene rings is 1. The van der Waals surface area contributed by atoms with Crippen molar-refractivity contribution in [3.8, 4) is 0 Å². The van der Waals surface area contributed by atoms with Crippen molar-refractivity contribution in [2.24, 2.45) is 5.92 Å². The van der Waals surface area contributed by atoms with Gasteiger partial charge in [0, 0.05) is 24.7 Å². The van der Waals surface area contributed by atoms with E-state index in [4.69, 9.17) is 0 Å². The largest absolute Gasteiger partial charge is 0.355 e. The third kappa shape index (κ3) is 3.37. The van der Waals surface area contributed by atoms with Gasteiger partial charge in [-0.05, 0) is 49.1 Å². The Labute approximate surface area is 152 Å². The highest BCUT2D eigenvalue weighted by atomic mass is 16.1. The number of amides is 1. The molecule has 0 aliphatic carbocycles.